The van der Waals surface area contributed by atoms with Crippen LogP contribution in [-0.2, 0) is 13.0 Å². The molecule has 2 fully saturated rings. The molecule has 4 heteroatoms. The first kappa shape index (κ1) is 9.93. The number of nitrogens with one attached hydrogen (secondary N) is 1. The Labute approximate surface area is 105 Å². The Morgan fingerprint density at radius 1 is 1.35 bits per heavy atom. The van der Waals surface area contributed by atoms with Crippen LogP contribution in [-0.4, -0.2) is 19.6 Å². The normalized spacial score (nSPS) is 24.1. The second kappa shape index (κ2) is 3.24. The summed E-state index contributed by atoms with van der Waals surface area (Å²) in [6.45, 7) is 4.35. The number of hydrogen-bond acceptors (Lipinski definition) is 4. The van der Waals surface area contributed by atoms with E-state index in [1.807, 2.05) is 11.3 Å². The van der Waals surface area contributed by atoms with Crippen LogP contribution in [0.1, 0.15) is 28.8 Å². The predicted octanol–water partition coefficient (Wildman–Crippen LogP) is 1.87. The highest BCUT2D eigenvalue weighted by Crippen LogP contribution is 2.55. The number of thiophene rings is 1. The molecular weight excluding hydrogens is 230 g/mol. The molecule has 88 valence electrons. The Balaban J connectivity index is 1.70. The Bertz CT molecular complexity index is 514. The zero-order chi connectivity index (χ0) is 11.5. The minimum atomic E-state index is 0.662. The highest BCUT2D eigenvalue weighted by molar-refractivity contribution is 7.16. The van der Waals surface area contributed by atoms with Gasteiger partial charge >= 0.3 is 0 Å². The molecule has 0 radical (unpaired) electrons. The molecule has 1 aromatic heterocycles. The Morgan fingerprint density at radius 3 is 2.88 bits per heavy atom. The van der Waals surface area contributed by atoms with Crippen molar-refractivity contribution in [2.24, 2.45) is 5.41 Å². The summed E-state index contributed by atoms with van der Waals surface area (Å²) in [5.41, 5.74) is 2.96. The second-order valence-corrected chi connectivity index (χ2v) is 6.66. The average Bonchev–Trinajstić information content (AvgIpc) is 3.02. The largest absolute Gasteiger partial charge is 0.361 e. The molecule has 0 unspecified atom stereocenters. The lowest BCUT2D eigenvalue weighted by Crippen LogP contribution is -2.48. The summed E-state index contributed by atoms with van der Waals surface area (Å²) in [5.74, 6) is 0. The van der Waals surface area contributed by atoms with E-state index in [4.69, 9.17) is 0 Å². The van der Waals surface area contributed by atoms with Crippen LogP contribution < -0.4 is 10.2 Å². The number of rotatable bonds is 1. The summed E-state index contributed by atoms with van der Waals surface area (Å²) in [5, 5.41) is 14.0. The van der Waals surface area contributed by atoms with Crippen LogP contribution in [0.5, 0.6) is 0 Å². The van der Waals surface area contributed by atoms with Crippen molar-refractivity contribution in [1.82, 2.24) is 5.32 Å². The summed E-state index contributed by atoms with van der Waals surface area (Å²) in [6, 6.07) is 2.44. The lowest BCUT2D eigenvalue weighted by Gasteiger charge is -2.41. The average molecular weight is 245 g/mol. The van der Waals surface area contributed by atoms with Crippen molar-refractivity contribution in [2.75, 3.05) is 24.5 Å². The second-order valence-electron chi connectivity index (χ2n) is 5.58. The highest BCUT2D eigenvalue weighted by atomic mass is 32.1. The van der Waals surface area contributed by atoms with Crippen LogP contribution >= 0.6 is 11.3 Å². The van der Waals surface area contributed by atoms with Gasteiger partial charge in [0.25, 0.3) is 0 Å². The van der Waals surface area contributed by atoms with E-state index < -0.39 is 0 Å². The summed E-state index contributed by atoms with van der Waals surface area (Å²) >= 11 is 1.84. The molecule has 3 aliphatic rings. The van der Waals surface area contributed by atoms with E-state index in [1.54, 1.807) is 0 Å². The fraction of sp³-hybridized carbons (Fsp3) is 0.615. The van der Waals surface area contributed by atoms with E-state index in [1.165, 1.54) is 41.4 Å². The van der Waals surface area contributed by atoms with E-state index in [9.17, 15) is 5.26 Å². The van der Waals surface area contributed by atoms with Gasteiger partial charge in [-0.2, -0.15) is 5.26 Å². The minimum Gasteiger partial charge on any atom is -0.361 e. The van der Waals surface area contributed by atoms with Crippen LogP contribution in [0.25, 0.3) is 0 Å². The van der Waals surface area contributed by atoms with Crippen molar-refractivity contribution in [3.05, 3.63) is 16.0 Å². The first-order valence-electron chi connectivity index (χ1n) is 6.32. The van der Waals surface area contributed by atoms with E-state index in [-0.39, 0.29) is 0 Å². The van der Waals surface area contributed by atoms with Crippen LogP contribution in [0.3, 0.4) is 0 Å². The monoisotopic (exact) mass is 245 g/mol. The molecule has 2 aliphatic heterocycles. The van der Waals surface area contributed by atoms with E-state index in [0.29, 0.717) is 5.41 Å². The third-order valence-corrected chi connectivity index (χ3v) is 5.61. The van der Waals surface area contributed by atoms with Gasteiger partial charge in [-0.1, -0.05) is 0 Å². The summed E-state index contributed by atoms with van der Waals surface area (Å²) in [4.78, 5) is 3.81. The van der Waals surface area contributed by atoms with Gasteiger partial charge in [0.05, 0.1) is 5.56 Å². The maximum Gasteiger partial charge on any atom is 0.110 e. The molecule has 17 heavy (non-hydrogen) atoms. The number of nitrogens with zero attached hydrogens (tertiary/aromatic N) is 2. The third-order valence-electron chi connectivity index (χ3n) is 4.32. The van der Waals surface area contributed by atoms with Crippen molar-refractivity contribution in [2.45, 2.75) is 25.8 Å². The predicted molar refractivity (Wildman–Crippen MR) is 68.3 cm³/mol. The maximum atomic E-state index is 9.39. The molecule has 0 amide bonds. The smallest absolute Gasteiger partial charge is 0.110 e. The summed E-state index contributed by atoms with van der Waals surface area (Å²) < 4.78 is 0. The number of nitriles is 1. The van der Waals surface area contributed by atoms with Gasteiger partial charge in [-0.3, -0.25) is 0 Å². The molecule has 1 aromatic rings. The molecule has 1 saturated carbocycles. The molecule has 1 saturated heterocycles. The molecule has 1 aliphatic carbocycles. The van der Waals surface area contributed by atoms with E-state index >= 15 is 0 Å². The lowest BCUT2D eigenvalue weighted by molar-refractivity contribution is 0.389. The van der Waals surface area contributed by atoms with Gasteiger partial charge in [0, 0.05) is 29.9 Å². The molecular formula is C13H15N3S. The lowest BCUT2D eigenvalue weighted by atomic mass is 9.96. The number of fused-ring (bicyclic) bond motifs is 1. The minimum absolute atomic E-state index is 0.662. The van der Waals surface area contributed by atoms with Gasteiger partial charge in [0.15, 0.2) is 0 Å². The molecule has 1 N–H and O–H groups in total. The van der Waals surface area contributed by atoms with Gasteiger partial charge in [0.2, 0.25) is 0 Å². The standard InChI is InChI=1S/C13H15N3S/c14-5-10-9-1-4-15-6-11(9)17-12(10)16-7-13(8-16)2-3-13/h15H,1-4,6-8H2. The Kier molecular flexibility index (Phi) is 1.89. The van der Waals surface area contributed by atoms with Crippen LogP contribution in [0.15, 0.2) is 0 Å². The molecule has 3 heterocycles. The van der Waals surface area contributed by atoms with Crippen molar-refractivity contribution in [1.29, 1.82) is 5.26 Å². The van der Waals surface area contributed by atoms with Crippen molar-refractivity contribution >= 4 is 16.3 Å². The summed E-state index contributed by atoms with van der Waals surface area (Å²) in [7, 11) is 0. The first-order chi connectivity index (χ1) is 8.31. The zero-order valence-electron chi connectivity index (χ0n) is 9.75. The highest BCUT2D eigenvalue weighted by Gasteiger charge is 2.53. The fourth-order valence-corrected chi connectivity index (χ4v) is 4.32. The van der Waals surface area contributed by atoms with Crippen molar-refractivity contribution in [3.63, 3.8) is 0 Å². The van der Waals surface area contributed by atoms with E-state index in [2.05, 4.69) is 16.3 Å². The Hall–Kier alpha value is -1.05. The Morgan fingerprint density at radius 2 is 2.18 bits per heavy atom. The molecule has 3 nitrogen and oxygen atoms in total. The van der Waals surface area contributed by atoms with Crippen LogP contribution in [0.4, 0.5) is 5.00 Å². The fourth-order valence-electron chi connectivity index (χ4n) is 3.06. The topological polar surface area (TPSA) is 39.1 Å². The molecule has 0 atom stereocenters. The van der Waals surface area contributed by atoms with Gasteiger partial charge in [0.1, 0.15) is 11.1 Å². The third kappa shape index (κ3) is 1.36. The van der Waals surface area contributed by atoms with Gasteiger partial charge in [-0.15, -0.1) is 11.3 Å². The van der Waals surface area contributed by atoms with Gasteiger partial charge < -0.3 is 10.2 Å². The SMILES string of the molecule is N#Cc1c(N2CC3(CC3)C2)sc2c1CCNC2. The first-order valence-corrected chi connectivity index (χ1v) is 7.13. The van der Waals surface area contributed by atoms with E-state index in [0.717, 1.165) is 25.1 Å². The molecule has 0 aromatic carbocycles. The van der Waals surface area contributed by atoms with Crippen LogP contribution in [0, 0.1) is 16.7 Å². The number of anilines is 1. The number of hydrogen-bond donors (Lipinski definition) is 1. The molecule has 1 spiro atoms. The van der Waals surface area contributed by atoms with Crippen molar-refractivity contribution < 1.29 is 0 Å². The maximum absolute atomic E-state index is 9.39. The van der Waals surface area contributed by atoms with Gasteiger partial charge in [-0.25, -0.2) is 0 Å². The van der Waals surface area contributed by atoms with Crippen molar-refractivity contribution in [3.8, 4) is 6.07 Å². The summed E-state index contributed by atoms with van der Waals surface area (Å²) in [6.07, 6.45) is 3.82. The molecule has 0 bridgehead atoms. The molecule has 4 rings (SSSR count). The van der Waals surface area contributed by atoms with Gasteiger partial charge in [-0.05, 0) is 31.4 Å². The quantitative estimate of drug-likeness (QED) is 0.821. The zero-order valence-corrected chi connectivity index (χ0v) is 10.6. The van der Waals surface area contributed by atoms with Crippen LogP contribution in [0.2, 0.25) is 0 Å².